The Kier molecular flexibility index (Phi) is 8.45. The van der Waals surface area contributed by atoms with Crippen LogP contribution in [0.15, 0.2) is 42.5 Å². The van der Waals surface area contributed by atoms with E-state index in [-0.39, 0.29) is 30.2 Å². The number of urea groups is 1. The summed E-state index contributed by atoms with van der Waals surface area (Å²) in [5.74, 6) is -0.261. The Bertz CT molecular complexity index is 881. The van der Waals surface area contributed by atoms with Gasteiger partial charge in [-0.25, -0.2) is 13.6 Å². The summed E-state index contributed by atoms with van der Waals surface area (Å²) in [6, 6.07) is 10.8. The van der Waals surface area contributed by atoms with Crippen LogP contribution in [0, 0.1) is 17.6 Å². The number of ether oxygens (including phenoxy) is 1. The van der Waals surface area contributed by atoms with Gasteiger partial charge in [0.25, 0.3) is 0 Å². The summed E-state index contributed by atoms with van der Waals surface area (Å²) in [6.07, 6.45) is 1.78. The summed E-state index contributed by atoms with van der Waals surface area (Å²) in [4.78, 5) is 17.0. The second kappa shape index (κ2) is 11.3. The molecule has 1 fully saturated rings. The van der Waals surface area contributed by atoms with Crippen molar-refractivity contribution in [1.82, 2.24) is 15.1 Å². The lowest BCUT2D eigenvalue weighted by molar-refractivity contribution is 0.176. The summed E-state index contributed by atoms with van der Waals surface area (Å²) in [5.41, 5.74) is 1.47. The lowest BCUT2D eigenvalue weighted by Gasteiger charge is -2.32. The van der Waals surface area contributed by atoms with Gasteiger partial charge < -0.3 is 19.9 Å². The maximum absolute atomic E-state index is 14.5. The Morgan fingerprint density at radius 1 is 1.09 bits per heavy atom. The number of nitrogens with one attached hydrogen (secondary N) is 1. The van der Waals surface area contributed by atoms with E-state index in [2.05, 4.69) is 17.3 Å². The number of benzene rings is 2. The minimum Gasteiger partial charge on any atom is -0.490 e. The zero-order valence-corrected chi connectivity index (χ0v) is 19.1. The number of hydrogen-bond donors (Lipinski definition) is 1. The molecule has 2 aromatic carbocycles. The van der Waals surface area contributed by atoms with Gasteiger partial charge in [0.2, 0.25) is 0 Å². The van der Waals surface area contributed by atoms with Crippen molar-refractivity contribution in [3.63, 3.8) is 0 Å². The van der Waals surface area contributed by atoms with E-state index in [1.54, 1.807) is 29.2 Å². The molecule has 1 heterocycles. The Balaban J connectivity index is 1.72. The van der Waals surface area contributed by atoms with E-state index >= 15 is 0 Å². The van der Waals surface area contributed by atoms with Crippen molar-refractivity contribution in [3.05, 3.63) is 65.2 Å². The fraction of sp³-hybridized carbons (Fsp3) is 0.480. The molecule has 0 atom stereocenters. The van der Waals surface area contributed by atoms with Gasteiger partial charge in [-0.2, -0.15) is 0 Å². The van der Waals surface area contributed by atoms with Gasteiger partial charge in [0.05, 0.1) is 6.61 Å². The lowest BCUT2D eigenvalue weighted by Crippen LogP contribution is -2.48. The first-order chi connectivity index (χ1) is 15.3. The summed E-state index contributed by atoms with van der Waals surface area (Å²) in [7, 11) is 2.07. The number of carbonyl (C=O) groups excluding carboxylic acids is 1. The van der Waals surface area contributed by atoms with Crippen LogP contribution in [0.1, 0.15) is 37.8 Å². The normalized spacial score (nSPS) is 15.1. The highest BCUT2D eigenvalue weighted by atomic mass is 19.1. The minimum atomic E-state index is -0.444. The second-order valence-electron chi connectivity index (χ2n) is 8.98. The highest BCUT2D eigenvalue weighted by Crippen LogP contribution is 2.21. The van der Waals surface area contributed by atoms with E-state index in [0.29, 0.717) is 24.6 Å². The molecule has 174 valence electrons. The molecule has 3 rings (SSSR count). The first-order valence-electron chi connectivity index (χ1n) is 11.2. The molecule has 32 heavy (non-hydrogen) atoms. The quantitative estimate of drug-likeness (QED) is 0.635. The second-order valence-corrected chi connectivity index (χ2v) is 8.98. The van der Waals surface area contributed by atoms with Crippen LogP contribution in [0.3, 0.4) is 0 Å². The van der Waals surface area contributed by atoms with Gasteiger partial charge in [0.15, 0.2) is 11.6 Å². The molecule has 1 aliphatic heterocycles. The van der Waals surface area contributed by atoms with Crippen molar-refractivity contribution in [3.8, 4) is 5.75 Å². The van der Waals surface area contributed by atoms with Crippen molar-refractivity contribution in [1.29, 1.82) is 0 Å². The number of nitrogens with zero attached hydrogens (tertiary/aromatic N) is 2. The fourth-order valence-corrected chi connectivity index (χ4v) is 3.67. The van der Waals surface area contributed by atoms with Crippen molar-refractivity contribution in [2.24, 2.45) is 5.92 Å². The SMILES string of the molecule is CC(C)COc1ccc(CN(Cc2ccc(F)cc2)C(=O)NC2CCN(C)CC2)cc1F. The van der Waals surface area contributed by atoms with Crippen LogP contribution in [0.5, 0.6) is 5.75 Å². The predicted molar refractivity (Wildman–Crippen MR) is 121 cm³/mol. The number of hydrogen-bond acceptors (Lipinski definition) is 3. The van der Waals surface area contributed by atoms with Crippen molar-refractivity contribution in [2.75, 3.05) is 26.7 Å². The monoisotopic (exact) mass is 445 g/mol. The van der Waals surface area contributed by atoms with Crippen LogP contribution >= 0.6 is 0 Å². The molecule has 1 saturated heterocycles. The Morgan fingerprint density at radius 2 is 1.72 bits per heavy atom. The van der Waals surface area contributed by atoms with Crippen LogP contribution < -0.4 is 10.1 Å². The Morgan fingerprint density at radius 3 is 2.34 bits per heavy atom. The van der Waals surface area contributed by atoms with Crippen molar-refractivity contribution < 1.29 is 18.3 Å². The van der Waals surface area contributed by atoms with E-state index in [0.717, 1.165) is 31.5 Å². The molecule has 2 amide bonds. The van der Waals surface area contributed by atoms with Gasteiger partial charge in [-0.3, -0.25) is 0 Å². The molecule has 0 radical (unpaired) electrons. The first kappa shape index (κ1) is 24.0. The minimum absolute atomic E-state index is 0.109. The van der Waals surface area contributed by atoms with Crippen LogP contribution in [0.4, 0.5) is 13.6 Å². The highest BCUT2D eigenvalue weighted by Gasteiger charge is 2.22. The Hall–Kier alpha value is -2.67. The zero-order valence-electron chi connectivity index (χ0n) is 19.1. The number of carbonyl (C=O) groups is 1. The summed E-state index contributed by atoms with van der Waals surface area (Å²) >= 11 is 0. The van der Waals surface area contributed by atoms with E-state index < -0.39 is 5.82 Å². The largest absolute Gasteiger partial charge is 0.490 e. The van der Waals surface area contributed by atoms with E-state index in [1.165, 1.54) is 18.2 Å². The number of likely N-dealkylation sites (tertiary alicyclic amines) is 1. The third-order valence-corrected chi connectivity index (χ3v) is 5.56. The molecule has 2 aromatic rings. The number of rotatable bonds is 8. The van der Waals surface area contributed by atoms with Gasteiger partial charge in [-0.05, 0) is 74.3 Å². The summed E-state index contributed by atoms with van der Waals surface area (Å²) < 4.78 is 33.4. The van der Waals surface area contributed by atoms with Gasteiger partial charge in [-0.15, -0.1) is 0 Å². The number of piperidine rings is 1. The molecule has 0 unspecified atom stereocenters. The van der Waals surface area contributed by atoms with Crippen molar-refractivity contribution >= 4 is 6.03 Å². The van der Waals surface area contributed by atoms with Crippen LogP contribution in [0.2, 0.25) is 0 Å². The maximum atomic E-state index is 14.5. The third-order valence-electron chi connectivity index (χ3n) is 5.56. The van der Waals surface area contributed by atoms with Crippen molar-refractivity contribution in [2.45, 2.75) is 45.8 Å². The smallest absolute Gasteiger partial charge is 0.318 e. The predicted octanol–water partition coefficient (Wildman–Crippen LogP) is 4.81. The zero-order chi connectivity index (χ0) is 23.1. The highest BCUT2D eigenvalue weighted by molar-refractivity contribution is 5.74. The van der Waals surface area contributed by atoms with Gasteiger partial charge in [0.1, 0.15) is 5.82 Å². The average Bonchev–Trinajstić information content (AvgIpc) is 2.75. The molecule has 0 bridgehead atoms. The summed E-state index contributed by atoms with van der Waals surface area (Å²) in [5, 5.41) is 3.12. The van der Waals surface area contributed by atoms with Gasteiger partial charge >= 0.3 is 6.03 Å². The van der Waals surface area contributed by atoms with E-state index in [1.807, 2.05) is 13.8 Å². The average molecular weight is 446 g/mol. The molecule has 7 heteroatoms. The molecule has 1 aliphatic rings. The number of amides is 2. The fourth-order valence-electron chi connectivity index (χ4n) is 3.67. The van der Waals surface area contributed by atoms with E-state index in [4.69, 9.17) is 4.74 Å². The van der Waals surface area contributed by atoms with Gasteiger partial charge in [0, 0.05) is 19.1 Å². The van der Waals surface area contributed by atoms with Gasteiger partial charge in [-0.1, -0.05) is 32.0 Å². The first-order valence-corrected chi connectivity index (χ1v) is 11.2. The van der Waals surface area contributed by atoms with E-state index in [9.17, 15) is 13.6 Å². The number of halogens is 2. The molecule has 0 aliphatic carbocycles. The molecule has 0 aromatic heterocycles. The summed E-state index contributed by atoms with van der Waals surface area (Å²) in [6.45, 7) is 6.85. The standard InChI is InChI=1S/C25H33F2N3O2/c1-18(2)17-32-24-9-6-20(14-23(24)27)16-30(15-19-4-7-21(26)8-5-19)25(31)28-22-10-12-29(3)13-11-22/h4-9,14,18,22H,10-13,15-17H2,1-3H3,(H,28,31). The maximum Gasteiger partial charge on any atom is 0.318 e. The van der Waals surface area contributed by atoms with Crippen LogP contribution in [0.25, 0.3) is 0 Å². The van der Waals surface area contributed by atoms with Crippen LogP contribution in [-0.2, 0) is 13.1 Å². The molecular formula is C25H33F2N3O2. The molecule has 0 saturated carbocycles. The topological polar surface area (TPSA) is 44.8 Å². The Labute approximate surface area is 189 Å². The lowest BCUT2D eigenvalue weighted by atomic mass is 10.1. The van der Waals surface area contributed by atoms with Crippen LogP contribution in [-0.4, -0.2) is 48.6 Å². The molecule has 0 spiro atoms. The molecular weight excluding hydrogens is 412 g/mol. The molecule has 5 nitrogen and oxygen atoms in total. The third kappa shape index (κ3) is 7.19. The molecule has 1 N–H and O–H groups in total.